The molecule has 3 unspecified atom stereocenters. The van der Waals surface area contributed by atoms with Gasteiger partial charge in [-0.2, -0.15) is 0 Å². The fourth-order valence-electron chi connectivity index (χ4n) is 14.7. The van der Waals surface area contributed by atoms with Gasteiger partial charge in [0, 0.05) is 91.8 Å². The van der Waals surface area contributed by atoms with Crippen LogP contribution >= 0.6 is 7.60 Å². The number of allylic oxidation sites excluding steroid dienone is 1. The van der Waals surface area contributed by atoms with Gasteiger partial charge in [-0.1, -0.05) is 50.3 Å². The zero-order valence-electron chi connectivity index (χ0n) is 41.0. The largest absolute Gasteiger partial charge is 0.468 e. The van der Waals surface area contributed by atoms with Crippen LogP contribution in [0.15, 0.2) is 59.8 Å². The first-order valence-corrected chi connectivity index (χ1v) is 26.6. The molecule has 3 saturated heterocycles. The lowest BCUT2D eigenvalue weighted by atomic mass is 9.47. The molecule has 1 saturated carbocycles. The summed E-state index contributed by atoms with van der Waals surface area (Å²) in [4.78, 5) is 68.1. The van der Waals surface area contributed by atoms with E-state index in [2.05, 4.69) is 32.2 Å². The van der Waals surface area contributed by atoms with Crippen LogP contribution < -0.4 is 5.32 Å². The van der Waals surface area contributed by atoms with Crippen molar-refractivity contribution in [2.75, 3.05) is 72.9 Å². The van der Waals surface area contributed by atoms with Gasteiger partial charge in [0.2, 0.25) is 12.0 Å². The molecule has 4 fully saturated rings. The topological polar surface area (TPSA) is 209 Å². The van der Waals surface area contributed by atoms with E-state index in [1.165, 1.54) is 18.9 Å². The first-order valence-electron chi connectivity index (χ1n) is 24.8. The number of carbonyl (C=O) groups excluding carboxylic acids is 4. The molecule has 376 valence electrons. The highest BCUT2D eigenvalue weighted by Gasteiger charge is 2.81. The minimum absolute atomic E-state index is 0.110. The van der Waals surface area contributed by atoms with E-state index in [1.54, 1.807) is 21.0 Å². The van der Waals surface area contributed by atoms with Crippen LogP contribution in [0.4, 0.5) is 0 Å². The van der Waals surface area contributed by atoms with E-state index in [9.17, 15) is 24.4 Å². The number of hydrogen-bond donors (Lipinski definition) is 4. The van der Waals surface area contributed by atoms with Gasteiger partial charge in [-0.3, -0.25) is 33.5 Å². The number of nitrogens with zero attached hydrogens (tertiary/aromatic N) is 3. The lowest BCUT2D eigenvalue weighted by molar-refractivity contribution is -0.233. The molecular weight excluding hydrogens is 906 g/mol. The molecule has 2 amide bonds. The number of benzene rings is 1. The molecular formula is C51H70N5O12P. The third kappa shape index (κ3) is 7.46. The van der Waals surface area contributed by atoms with Crippen LogP contribution in [0.5, 0.6) is 0 Å². The van der Waals surface area contributed by atoms with Crippen molar-refractivity contribution in [1.82, 2.24) is 25.0 Å². The van der Waals surface area contributed by atoms with E-state index in [0.29, 0.717) is 88.2 Å². The van der Waals surface area contributed by atoms with Gasteiger partial charge in [-0.15, -0.1) is 0 Å². The van der Waals surface area contributed by atoms with Gasteiger partial charge >= 0.3 is 19.5 Å². The number of H-pyrrole nitrogens is 1. The summed E-state index contributed by atoms with van der Waals surface area (Å²) in [5.74, 6) is -3.05. The van der Waals surface area contributed by atoms with Gasteiger partial charge in [0.1, 0.15) is 5.41 Å². The van der Waals surface area contributed by atoms with Crippen LogP contribution in [0.2, 0.25) is 0 Å². The van der Waals surface area contributed by atoms with Crippen LogP contribution in [-0.4, -0.2) is 163 Å². The summed E-state index contributed by atoms with van der Waals surface area (Å²) in [6.07, 6.45) is 8.56. The summed E-state index contributed by atoms with van der Waals surface area (Å²) in [7, 11) is -0.681. The highest BCUT2D eigenvalue weighted by Crippen LogP contribution is 2.70. The molecule has 9 rings (SSSR count). The maximum atomic E-state index is 15.5. The number of methoxy groups -OCH3 is 2. The molecule has 7 aliphatic rings. The predicted octanol–water partition coefficient (Wildman–Crippen LogP) is 4.37. The molecule has 1 spiro atoms. The molecule has 0 radical (unpaired) electrons. The van der Waals surface area contributed by atoms with Crippen molar-refractivity contribution in [3.8, 4) is 0 Å². The third-order valence-electron chi connectivity index (χ3n) is 17.1. The Labute approximate surface area is 404 Å². The molecule has 12 atom stereocenters. The number of hydrogen-bond acceptors (Lipinski definition) is 14. The van der Waals surface area contributed by atoms with Crippen LogP contribution in [0.1, 0.15) is 78.0 Å². The molecule has 2 aliphatic carbocycles. The second-order valence-electron chi connectivity index (χ2n) is 20.4. The van der Waals surface area contributed by atoms with Gasteiger partial charge in [0.25, 0.3) is 5.91 Å². The smallest absolute Gasteiger partial charge is 0.332 e. The van der Waals surface area contributed by atoms with E-state index in [1.807, 2.05) is 50.3 Å². The normalized spacial score (nSPS) is 36.9. The fourth-order valence-corrected chi connectivity index (χ4v) is 16.2. The highest BCUT2D eigenvalue weighted by atomic mass is 31.2. The first kappa shape index (κ1) is 49.8. The number of ether oxygens (including phenoxy) is 3. The maximum Gasteiger partial charge on any atom is 0.332 e. The Kier molecular flexibility index (Phi) is 13.3. The van der Waals surface area contributed by atoms with Crippen molar-refractivity contribution in [3.05, 3.63) is 71.1 Å². The Morgan fingerprint density at radius 2 is 1.75 bits per heavy atom. The quantitative estimate of drug-likeness (QED) is 0.0847. The van der Waals surface area contributed by atoms with Crippen LogP contribution in [-0.2, 0) is 58.8 Å². The average molecular weight is 976 g/mol. The standard InChI is InChI=1S/C51H70N5O12P/c1-8-47(61)27-33-28-50(46(60)65-7,41-35(17-22-54(29-33)30-47)34-15-12-13-16-38(34)53-41)37-25-36-39(26-40(37)64-6)56(31-57)43-49(36)19-23-55-21-14-18-48(9-2,42(49)55)44(68-32(5)58)51(43,62)45(59)52-20-24-69(63,66-10-3)67-11-4/h12-16,18,25-26,31,33,37,40,42-44,53,61-62H,8-11,17,19-24,27-30H2,1-7H3,(H,52,59)/t33-,37?,40?,42-,43+,44+,47-,48+,49+,50-,51-/m0/s1. The summed E-state index contributed by atoms with van der Waals surface area (Å²) in [6.45, 7) is 11.4. The minimum atomic E-state index is -3.65. The molecule has 2 aromatic rings. The third-order valence-corrected chi connectivity index (χ3v) is 19.2. The molecule has 2 bridgehead atoms. The summed E-state index contributed by atoms with van der Waals surface area (Å²) in [5, 5.41) is 29.8. The number of aromatic nitrogens is 1. The Bertz CT molecular complexity index is 2500. The predicted molar refractivity (Wildman–Crippen MR) is 256 cm³/mol. The van der Waals surface area contributed by atoms with Crippen molar-refractivity contribution >= 4 is 42.8 Å². The fraction of sp³-hybridized carbons (Fsp3) is 0.647. The van der Waals surface area contributed by atoms with Gasteiger partial charge < -0.3 is 48.7 Å². The maximum absolute atomic E-state index is 15.5. The molecule has 1 aromatic heterocycles. The van der Waals surface area contributed by atoms with Gasteiger partial charge in [0.05, 0.1) is 44.2 Å². The first-order chi connectivity index (χ1) is 33.0. The lowest BCUT2D eigenvalue weighted by Gasteiger charge is -2.63. The Hall–Kier alpha value is -4.19. The number of fused-ring (bicyclic) bond motifs is 6. The number of carbonyl (C=O) groups is 4. The van der Waals surface area contributed by atoms with E-state index in [-0.39, 0.29) is 38.3 Å². The molecule has 17 nitrogen and oxygen atoms in total. The molecule has 69 heavy (non-hydrogen) atoms. The number of esters is 2. The number of aliphatic hydroxyl groups is 2. The Morgan fingerprint density at radius 1 is 1.00 bits per heavy atom. The number of nitrogens with one attached hydrogen (secondary N) is 2. The lowest BCUT2D eigenvalue weighted by Crippen LogP contribution is -2.81. The van der Waals surface area contributed by atoms with E-state index < -0.39 is 83.1 Å². The number of likely N-dealkylation sites (tertiary alicyclic amines) is 1. The monoisotopic (exact) mass is 975 g/mol. The summed E-state index contributed by atoms with van der Waals surface area (Å²) < 4.78 is 43.4. The number of piperidine rings is 1. The van der Waals surface area contributed by atoms with Crippen molar-refractivity contribution in [1.29, 1.82) is 0 Å². The molecule has 6 heterocycles. The summed E-state index contributed by atoms with van der Waals surface area (Å²) in [5.41, 5.74) is -3.73. The molecule has 4 N–H and O–H groups in total. The van der Waals surface area contributed by atoms with Gasteiger partial charge in [-0.25, -0.2) is 0 Å². The van der Waals surface area contributed by atoms with Crippen molar-refractivity contribution < 1.29 is 57.2 Å². The molecule has 18 heteroatoms. The number of rotatable bonds is 15. The van der Waals surface area contributed by atoms with E-state index in [0.717, 1.165) is 16.5 Å². The zero-order chi connectivity index (χ0) is 49.3. The van der Waals surface area contributed by atoms with E-state index in [4.69, 9.17) is 23.3 Å². The Balaban J connectivity index is 1.29. The molecule has 5 aliphatic heterocycles. The zero-order valence-corrected chi connectivity index (χ0v) is 41.9. The average Bonchev–Trinajstić information content (AvgIpc) is 4.01. The Morgan fingerprint density at radius 3 is 2.42 bits per heavy atom. The van der Waals surface area contributed by atoms with Crippen LogP contribution in [0.25, 0.3) is 10.9 Å². The highest BCUT2D eigenvalue weighted by molar-refractivity contribution is 7.53. The van der Waals surface area contributed by atoms with Crippen molar-refractivity contribution in [2.24, 2.45) is 22.7 Å². The van der Waals surface area contributed by atoms with Crippen LogP contribution in [0.3, 0.4) is 0 Å². The van der Waals surface area contributed by atoms with Crippen molar-refractivity contribution in [3.63, 3.8) is 0 Å². The summed E-state index contributed by atoms with van der Waals surface area (Å²) in [6, 6.07) is 6.18. The SMILES string of the molecule is CCOP(=O)(CCNC(=O)[C@@]1(O)[C@H](OC(C)=O)[C@]2(CC)C=CCN3CC[C@@]4(C5=CC([C@@]6(C(=O)OC)C[C@H]7CN(CCc8c6[nH]c6ccccc86)C[C@](O)(CC)C7)C(OC)C=C5N(C=O)[C@@H]14)[C@@H]32)OCC. The van der Waals surface area contributed by atoms with E-state index >= 15 is 9.59 Å². The second kappa shape index (κ2) is 18.4. The van der Waals surface area contributed by atoms with Crippen LogP contribution in [0, 0.1) is 22.7 Å². The minimum Gasteiger partial charge on any atom is -0.468 e. The molecule has 1 aromatic carbocycles. The van der Waals surface area contributed by atoms with Gasteiger partial charge in [0.15, 0.2) is 6.10 Å². The second-order valence-corrected chi connectivity index (χ2v) is 22.6. The van der Waals surface area contributed by atoms with Crippen molar-refractivity contribution in [2.45, 2.75) is 114 Å². The number of amides is 2. The number of aromatic amines is 1. The number of para-hydroxylation sites is 1. The van der Waals surface area contributed by atoms with Gasteiger partial charge in [-0.05, 0) is 88.1 Å². The summed E-state index contributed by atoms with van der Waals surface area (Å²) >= 11 is 0.